The monoisotopic (exact) mass is 315 g/mol. The second-order valence-electron chi connectivity index (χ2n) is 4.33. The standard InChI is InChI=1S/C14H22BrNS/c1-4-6-7-8-12(16-9-5-2)13-10-11(3)14(15)17-13/h4,10,12,16H,1,5-9H2,2-3H3. The Labute approximate surface area is 117 Å². The average Bonchev–Trinajstić information content (AvgIpc) is 2.64. The van der Waals surface area contributed by atoms with Crippen molar-refractivity contribution in [1.82, 2.24) is 5.32 Å². The topological polar surface area (TPSA) is 12.0 Å². The maximum atomic E-state index is 3.79. The first-order valence-corrected chi connectivity index (χ1v) is 7.90. The first-order chi connectivity index (χ1) is 8.19. The minimum absolute atomic E-state index is 0.505. The molecular formula is C14H22BrNS. The zero-order valence-corrected chi connectivity index (χ0v) is 13.2. The molecule has 0 aliphatic carbocycles. The Morgan fingerprint density at radius 2 is 2.35 bits per heavy atom. The highest BCUT2D eigenvalue weighted by Gasteiger charge is 2.13. The lowest BCUT2D eigenvalue weighted by Gasteiger charge is -2.16. The molecule has 0 saturated heterocycles. The summed E-state index contributed by atoms with van der Waals surface area (Å²) in [5.74, 6) is 0. The van der Waals surface area contributed by atoms with Crippen molar-refractivity contribution in [3.63, 3.8) is 0 Å². The van der Waals surface area contributed by atoms with Crippen molar-refractivity contribution in [1.29, 1.82) is 0 Å². The van der Waals surface area contributed by atoms with Gasteiger partial charge >= 0.3 is 0 Å². The first-order valence-electron chi connectivity index (χ1n) is 6.29. The Morgan fingerprint density at radius 3 is 2.88 bits per heavy atom. The lowest BCUT2D eigenvalue weighted by molar-refractivity contribution is 0.492. The van der Waals surface area contributed by atoms with Crippen LogP contribution in [0.1, 0.15) is 49.1 Å². The summed E-state index contributed by atoms with van der Waals surface area (Å²) >= 11 is 5.47. The van der Waals surface area contributed by atoms with Crippen molar-refractivity contribution in [3.8, 4) is 0 Å². The molecule has 3 heteroatoms. The molecule has 1 unspecified atom stereocenters. The predicted molar refractivity (Wildman–Crippen MR) is 81.8 cm³/mol. The third kappa shape index (κ3) is 4.94. The summed E-state index contributed by atoms with van der Waals surface area (Å²) in [6.07, 6.45) is 6.70. The number of hydrogen-bond donors (Lipinski definition) is 1. The van der Waals surface area contributed by atoms with Crippen LogP contribution < -0.4 is 5.32 Å². The molecule has 1 nitrogen and oxygen atoms in total. The Kier molecular flexibility index (Phi) is 7.09. The van der Waals surface area contributed by atoms with Crippen molar-refractivity contribution in [3.05, 3.63) is 32.9 Å². The molecule has 0 aliphatic heterocycles. The number of thiophene rings is 1. The van der Waals surface area contributed by atoms with Crippen LogP contribution >= 0.6 is 27.3 Å². The molecule has 0 amide bonds. The molecule has 1 aromatic heterocycles. The van der Waals surface area contributed by atoms with Crippen LogP contribution in [0.25, 0.3) is 0 Å². The molecule has 0 aromatic carbocycles. The zero-order valence-electron chi connectivity index (χ0n) is 10.8. The van der Waals surface area contributed by atoms with E-state index in [4.69, 9.17) is 0 Å². The van der Waals surface area contributed by atoms with Gasteiger partial charge < -0.3 is 5.32 Å². The molecule has 17 heavy (non-hydrogen) atoms. The van der Waals surface area contributed by atoms with E-state index in [1.807, 2.05) is 17.4 Å². The molecule has 0 spiro atoms. The third-order valence-corrected chi connectivity index (χ3v) is 5.01. The van der Waals surface area contributed by atoms with E-state index in [1.54, 1.807) is 0 Å². The van der Waals surface area contributed by atoms with E-state index in [9.17, 15) is 0 Å². The third-order valence-electron chi connectivity index (χ3n) is 2.76. The summed E-state index contributed by atoms with van der Waals surface area (Å²) in [5, 5.41) is 3.64. The van der Waals surface area contributed by atoms with Crippen molar-refractivity contribution < 1.29 is 0 Å². The van der Waals surface area contributed by atoms with Crippen LogP contribution in [0.2, 0.25) is 0 Å². The highest BCUT2D eigenvalue weighted by molar-refractivity contribution is 9.11. The van der Waals surface area contributed by atoms with Crippen molar-refractivity contribution >= 4 is 27.3 Å². The van der Waals surface area contributed by atoms with Crippen LogP contribution in [0.4, 0.5) is 0 Å². The van der Waals surface area contributed by atoms with Gasteiger partial charge in [0.1, 0.15) is 0 Å². The van der Waals surface area contributed by atoms with E-state index in [0.29, 0.717) is 6.04 Å². The second-order valence-corrected chi connectivity index (χ2v) is 6.73. The van der Waals surface area contributed by atoms with Crippen molar-refractivity contribution in [2.75, 3.05) is 6.54 Å². The Bertz CT molecular complexity index is 326. The number of hydrogen-bond acceptors (Lipinski definition) is 2. The van der Waals surface area contributed by atoms with E-state index in [1.165, 1.54) is 33.5 Å². The zero-order chi connectivity index (χ0) is 12.7. The molecule has 1 heterocycles. The molecule has 0 bridgehead atoms. The number of allylic oxidation sites excluding steroid dienone is 1. The average molecular weight is 316 g/mol. The first kappa shape index (κ1) is 14.9. The fourth-order valence-corrected chi connectivity index (χ4v) is 3.47. The smallest absolute Gasteiger partial charge is 0.0731 e. The molecule has 1 N–H and O–H groups in total. The highest BCUT2D eigenvalue weighted by atomic mass is 79.9. The summed E-state index contributed by atoms with van der Waals surface area (Å²) in [6, 6.07) is 2.81. The summed E-state index contributed by atoms with van der Waals surface area (Å²) in [4.78, 5) is 1.45. The van der Waals surface area contributed by atoms with Gasteiger partial charge in [-0.25, -0.2) is 0 Å². The number of nitrogens with one attached hydrogen (secondary N) is 1. The molecule has 1 rings (SSSR count). The molecule has 1 atom stereocenters. The fraction of sp³-hybridized carbons (Fsp3) is 0.571. The van der Waals surface area contributed by atoms with Gasteiger partial charge in [0.25, 0.3) is 0 Å². The summed E-state index contributed by atoms with van der Waals surface area (Å²) in [7, 11) is 0. The fourth-order valence-electron chi connectivity index (χ4n) is 1.79. The van der Waals surface area contributed by atoms with Crippen LogP contribution in [0.5, 0.6) is 0 Å². The van der Waals surface area contributed by atoms with Gasteiger partial charge in [-0.15, -0.1) is 17.9 Å². The number of rotatable bonds is 8. The van der Waals surface area contributed by atoms with Gasteiger partial charge in [-0.2, -0.15) is 0 Å². The number of aryl methyl sites for hydroxylation is 1. The van der Waals surface area contributed by atoms with Crippen LogP contribution in [0.15, 0.2) is 22.5 Å². The van der Waals surface area contributed by atoms with Gasteiger partial charge in [-0.3, -0.25) is 0 Å². The second kappa shape index (κ2) is 8.06. The number of unbranched alkanes of at least 4 members (excludes halogenated alkanes) is 1. The van der Waals surface area contributed by atoms with Gasteiger partial charge in [0, 0.05) is 10.9 Å². The normalized spacial score (nSPS) is 12.6. The largest absolute Gasteiger partial charge is 0.309 e. The minimum Gasteiger partial charge on any atom is -0.309 e. The van der Waals surface area contributed by atoms with E-state index in [2.05, 4.69) is 47.7 Å². The van der Waals surface area contributed by atoms with Gasteiger partial charge in [0.2, 0.25) is 0 Å². The summed E-state index contributed by atoms with van der Waals surface area (Å²) in [5.41, 5.74) is 1.34. The maximum Gasteiger partial charge on any atom is 0.0731 e. The summed E-state index contributed by atoms with van der Waals surface area (Å²) in [6.45, 7) is 9.25. The lowest BCUT2D eigenvalue weighted by atomic mass is 10.1. The molecule has 0 saturated carbocycles. The van der Waals surface area contributed by atoms with E-state index in [0.717, 1.165) is 13.0 Å². The van der Waals surface area contributed by atoms with E-state index in [-0.39, 0.29) is 0 Å². The predicted octanol–water partition coefficient (Wildman–Crippen LogP) is 5.22. The van der Waals surface area contributed by atoms with Crippen molar-refractivity contribution in [2.45, 2.75) is 45.6 Å². The van der Waals surface area contributed by atoms with Crippen LogP contribution in [0.3, 0.4) is 0 Å². The van der Waals surface area contributed by atoms with Gasteiger partial charge in [0.05, 0.1) is 3.79 Å². The Balaban J connectivity index is 2.63. The van der Waals surface area contributed by atoms with Crippen LogP contribution in [-0.4, -0.2) is 6.54 Å². The molecule has 0 radical (unpaired) electrons. The molecule has 1 aromatic rings. The minimum atomic E-state index is 0.505. The summed E-state index contributed by atoms with van der Waals surface area (Å²) < 4.78 is 1.26. The van der Waals surface area contributed by atoms with Crippen LogP contribution in [0, 0.1) is 6.92 Å². The van der Waals surface area contributed by atoms with E-state index < -0.39 is 0 Å². The molecule has 0 aliphatic rings. The highest BCUT2D eigenvalue weighted by Crippen LogP contribution is 2.33. The SMILES string of the molecule is C=CCCCC(NCCC)c1cc(C)c(Br)s1. The van der Waals surface area contributed by atoms with E-state index >= 15 is 0 Å². The number of halogens is 1. The quantitative estimate of drug-likeness (QED) is 0.512. The van der Waals surface area contributed by atoms with Gasteiger partial charge in [-0.1, -0.05) is 13.0 Å². The molecule has 0 fully saturated rings. The van der Waals surface area contributed by atoms with Crippen LogP contribution in [-0.2, 0) is 0 Å². The Morgan fingerprint density at radius 1 is 1.59 bits per heavy atom. The maximum absolute atomic E-state index is 3.79. The molecular weight excluding hydrogens is 294 g/mol. The Hall–Kier alpha value is -0.120. The lowest BCUT2D eigenvalue weighted by Crippen LogP contribution is -2.21. The van der Waals surface area contributed by atoms with Crippen molar-refractivity contribution in [2.24, 2.45) is 0 Å². The van der Waals surface area contributed by atoms with Gasteiger partial charge in [-0.05, 0) is 66.7 Å². The van der Waals surface area contributed by atoms with Gasteiger partial charge in [0.15, 0.2) is 0 Å². The molecule has 96 valence electrons.